The standard InChI is InChI=1S/C16H22N2O/c1-11-4-3-5-14(12(11)2)16(19)18-9-7-15-13(10-18)6-8-17-15/h3-5,13,15,17H,6-10H2,1-2H3. The molecule has 2 aliphatic rings. The highest BCUT2D eigenvalue weighted by atomic mass is 16.2. The lowest BCUT2D eigenvalue weighted by Gasteiger charge is -2.35. The summed E-state index contributed by atoms with van der Waals surface area (Å²) in [6, 6.07) is 6.66. The van der Waals surface area contributed by atoms with E-state index < -0.39 is 0 Å². The van der Waals surface area contributed by atoms with Crippen LogP contribution in [0.1, 0.15) is 34.3 Å². The number of carbonyl (C=O) groups is 1. The molecular formula is C16H22N2O. The predicted molar refractivity (Wildman–Crippen MR) is 76.3 cm³/mol. The number of amides is 1. The van der Waals surface area contributed by atoms with E-state index in [0.29, 0.717) is 12.0 Å². The van der Waals surface area contributed by atoms with E-state index >= 15 is 0 Å². The largest absolute Gasteiger partial charge is 0.338 e. The Morgan fingerprint density at radius 2 is 2.16 bits per heavy atom. The SMILES string of the molecule is Cc1cccc(C(=O)N2CCC3NCCC3C2)c1C. The zero-order valence-electron chi connectivity index (χ0n) is 11.8. The van der Waals surface area contributed by atoms with Gasteiger partial charge in [0.25, 0.3) is 5.91 Å². The number of nitrogens with one attached hydrogen (secondary N) is 1. The minimum atomic E-state index is 0.214. The second-order valence-corrected chi connectivity index (χ2v) is 5.90. The zero-order chi connectivity index (χ0) is 13.4. The molecular weight excluding hydrogens is 236 g/mol. The fourth-order valence-corrected chi connectivity index (χ4v) is 3.39. The number of piperidine rings is 1. The summed E-state index contributed by atoms with van der Waals surface area (Å²) in [5, 5.41) is 3.54. The fourth-order valence-electron chi connectivity index (χ4n) is 3.39. The van der Waals surface area contributed by atoms with Crippen LogP contribution in [0.25, 0.3) is 0 Å². The smallest absolute Gasteiger partial charge is 0.254 e. The van der Waals surface area contributed by atoms with Crippen molar-refractivity contribution in [1.82, 2.24) is 10.2 Å². The van der Waals surface area contributed by atoms with Crippen molar-refractivity contribution in [3.05, 3.63) is 34.9 Å². The van der Waals surface area contributed by atoms with Crippen LogP contribution in [0, 0.1) is 19.8 Å². The number of likely N-dealkylation sites (tertiary alicyclic amines) is 1. The molecule has 3 rings (SSSR count). The van der Waals surface area contributed by atoms with Gasteiger partial charge in [-0.3, -0.25) is 4.79 Å². The topological polar surface area (TPSA) is 32.3 Å². The third-order valence-corrected chi connectivity index (χ3v) is 4.78. The first-order chi connectivity index (χ1) is 9.16. The van der Waals surface area contributed by atoms with Crippen LogP contribution in [-0.2, 0) is 0 Å². The quantitative estimate of drug-likeness (QED) is 0.837. The zero-order valence-corrected chi connectivity index (χ0v) is 11.8. The number of fused-ring (bicyclic) bond motifs is 1. The van der Waals surface area contributed by atoms with E-state index in [2.05, 4.69) is 23.2 Å². The van der Waals surface area contributed by atoms with E-state index in [1.165, 1.54) is 12.0 Å². The van der Waals surface area contributed by atoms with E-state index in [9.17, 15) is 4.79 Å². The van der Waals surface area contributed by atoms with E-state index in [-0.39, 0.29) is 5.91 Å². The first-order valence-corrected chi connectivity index (χ1v) is 7.25. The first kappa shape index (κ1) is 12.7. The summed E-state index contributed by atoms with van der Waals surface area (Å²) in [6.45, 7) is 7.04. The van der Waals surface area contributed by atoms with Crippen LogP contribution >= 0.6 is 0 Å². The van der Waals surface area contributed by atoms with Crippen molar-refractivity contribution < 1.29 is 4.79 Å². The minimum absolute atomic E-state index is 0.214. The summed E-state index contributed by atoms with van der Waals surface area (Å²) in [5.74, 6) is 0.870. The normalized spacial score (nSPS) is 26.3. The number of hydrogen-bond acceptors (Lipinski definition) is 2. The summed E-state index contributed by atoms with van der Waals surface area (Å²) in [7, 11) is 0. The number of aryl methyl sites for hydroxylation is 1. The van der Waals surface area contributed by atoms with E-state index in [0.717, 1.165) is 37.2 Å². The molecule has 2 saturated heterocycles. The van der Waals surface area contributed by atoms with Gasteiger partial charge in [0.05, 0.1) is 0 Å². The fraction of sp³-hybridized carbons (Fsp3) is 0.562. The molecule has 1 amide bonds. The Morgan fingerprint density at radius 1 is 1.32 bits per heavy atom. The Bertz CT molecular complexity index is 498. The van der Waals surface area contributed by atoms with Crippen LogP contribution in [-0.4, -0.2) is 36.5 Å². The first-order valence-electron chi connectivity index (χ1n) is 7.25. The van der Waals surface area contributed by atoms with Crippen molar-refractivity contribution in [2.75, 3.05) is 19.6 Å². The molecule has 2 aliphatic heterocycles. The maximum atomic E-state index is 12.7. The molecule has 2 fully saturated rings. The Labute approximate surface area is 115 Å². The van der Waals surface area contributed by atoms with Gasteiger partial charge in [0.2, 0.25) is 0 Å². The molecule has 3 heteroatoms. The van der Waals surface area contributed by atoms with Gasteiger partial charge in [-0.1, -0.05) is 12.1 Å². The highest BCUT2D eigenvalue weighted by molar-refractivity contribution is 5.96. The van der Waals surface area contributed by atoms with E-state index in [4.69, 9.17) is 0 Å². The molecule has 3 nitrogen and oxygen atoms in total. The summed E-state index contributed by atoms with van der Waals surface area (Å²) >= 11 is 0. The van der Waals surface area contributed by atoms with Gasteiger partial charge >= 0.3 is 0 Å². The summed E-state index contributed by atoms with van der Waals surface area (Å²) in [4.78, 5) is 14.7. The van der Waals surface area contributed by atoms with Crippen LogP contribution in [0.2, 0.25) is 0 Å². The molecule has 19 heavy (non-hydrogen) atoms. The van der Waals surface area contributed by atoms with Crippen LogP contribution < -0.4 is 5.32 Å². The van der Waals surface area contributed by atoms with Crippen molar-refractivity contribution in [3.63, 3.8) is 0 Å². The van der Waals surface area contributed by atoms with Gasteiger partial charge in [-0.25, -0.2) is 0 Å². The lowest BCUT2D eigenvalue weighted by Crippen LogP contribution is -2.47. The highest BCUT2D eigenvalue weighted by Crippen LogP contribution is 2.26. The molecule has 1 N–H and O–H groups in total. The predicted octanol–water partition coefficient (Wildman–Crippen LogP) is 2.13. The molecule has 1 aromatic rings. The number of rotatable bonds is 1. The highest BCUT2D eigenvalue weighted by Gasteiger charge is 2.34. The molecule has 2 atom stereocenters. The van der Waals surface area contributed by atoms with Gasteiger partial charge in [-0.15, -0.1) is 0 Å². The van der Waals surface area contributed by atoms with Crippen molar-refractivity contribution in [3.8, 4) is 0 Å². The van der Waals surface area contributed by atoms with Gasteiger partial charge in [-0.05, 0) is 56.3 Å². The van der Waals surface area contributed by atoms with Gasteiger partial charge in [0.15, 0.2) is 0 Å². The van der Waals surface area contributed by atoms with Crippen LogP contribution in [0.15, 0.2) is 18.2 Å². The van der Waals surface area contributed by atoms with Gasteiger partial charge in [0.1, 0.15) is 0 Å². The maximum absolute atomic E-state index is 12.7. The molecule has 0 radical (unpaired) electrons. The maximum Gasteiger partial charge on any atom is 0.254 e. The van der Waals surface area contributed by atoms with Crippen molar-refractivity contribution in [1.29, 1.82) is 0 Å². The average Bonchev–Trinajstić information content (AvgIpc) is 2.88. The Kier molecular flexibility index (Phi) is 3.31. The summed E-state index contributed by atoms with van der Waals surface area (Å²) in [5.41, 5.74) is 3.20. The number of hydrogen-bond donors (Lipinski definition) is 1. The van der Waals surface area contributed by atoms with E-state index in [1.807, 2.05) is 19.1 Å². The summed E-state index contributed by atoms with van der Waals surface area (Å²) in [6.07, 6.45) is 2.31. The third kappa shape index (κ3) is 2.27. The Hall–Kier alpha value is -1.35. The van der Waals surface area contributed by atoms with Crippen molar-refractivity contribution in [2.45, 2.75) is 32.7 Å². The molecule has 0 bridgehead atoms. The monoisotopic (exact) mass is 258 g/mol. The van der Waals surface area contributed by atoms with Crippen LogP contribution in [0.3, 0.4) is 0 Å². The van der Waals surface area contributed by atoms with Crippen molar-refractivity contribution in [2.24, 2.45) is 5.92 Å². The van der Waals surface area contributed by atoms with E-state index in [1.54, 1.807) is 0 Å². The van der Waals surface area contributed by atoms with Crippen molar-refractivity contribution >= 4 is 5.91 Å². The summed E-state index contributed by atoms with van der Waals surface area (Å²) < 4.78 is 0. The Morgan fingerprint density at radius 3 is 3.00 bits per heavy atom. The molecule has 0 spiro atoms. The molecule has 1 aromatic carbocycles. The Balaban J connectivity index is 1.79. The molecule has 2 heterocycles. The van der Waals surface area contributed by atoms with Gasteiger partial charge in [-0.2, -0.15) is 0 Å². The number of benzene rings is 1. The van der Waals surface area contributed by atoms with Gasteiger partial charge < -0.3 is 10.2 Å². The average molecular weight is 258 g/mol. The van der Waals surface area contributed by atoms with Gasteiger partial charge in [0, 0.05) is 24.7 Å². The molecule has 102 valence electrons. The molecule has 0 aliphatic carbocycles. The third-order valence-electron chi connectivity index (χ3n) is 4.78. The molecule has 2 unspecified atom stereocenters. The molecule has 0 saturated carbocycles. The number of nitrogens with zero attached hydrogens (tertiary/aromatic N) is 1. The second-order valence-electron chi connectivity index (χ2n) is 5.90. The lowest BCUT2D eigenvalue weighted by molar-refractivity contribution is 0.0661. The lowest BCUT2D eigenvalue weighted by atomic mass is 9.92. The second kappa shape index (κ2) is 4.97. The van der Waals surface area contributed by atoms with Crippen LogP contribution in [0.5, 0.6) is 0 Å². The minimum Gasteiger partial charge on any atom is -0.338 e. The molecule has 0 aromatic heterocycles. The van der Waals surface area contributed by atoms with Crippen LogP contribution in [0.4, 0.5) is 0 Å². The number of carbonyl (C=O) groups excluding carboxylic acids is 1.